The van der Waals surface area contributed by atoms with E-state index in [9.17, 15) is 9.18 Å². The minimum Gasteiger partial charge on any atom is -0.355 e. The van der Waals surface area contributed by atoms with E-state index in [-0.39, 0.29) is 11.7 Å². The molecule has 4 nitrogen and oxygen atoms in total. The third-order valence-corrected chi connectivity index (χ3v) is 2.55. The van der Waals surface area contributed by atoms with E-state index in [0.29, 0.717) is 19.5 Å². The van der Waals surface area contributed by atoms with Crippen LogP contribution in [0, 0.1) is 5.82 Å². The third-order valence-electron chi connectivity index (χ3n) is 2.55. The lowest BCUT2D eigenvalue weighted by molar-refractivity contribution is -0.120. The average molecular weight is 253 g/mol. The fraction of sp³-hybridized carbons (Fsp3) is 0.462. The predicted octanol–water partition coefficient (Wildman–Crippen LogP) is 0.723. The molecule has 1 amide bonds. The number of benzene rings is 1. The number of likely N-dealkylation sites (N-methyl/N-ethyl adjacent to an activating group) is 1. The summed E-state index contributed by atoms with van der Waals surface area (Å²) in [7, 11) is 1.96. The Morgan fingerprint density at radius 3 is 2.67 bits per heavy atom. The first-order chi connectivity index (χ1) is 8.61. The second kappa shape index (κ2) is 7.79. The van der Waals surface area contributed by atoms with Crippen LogP contribution in [0.2, 0.25) is 0 Å². The molecular formula is C13H20FN3O. The number of rotatable bonds is 7. The van der Waals surface area contributed by atoms with E-state index in [0.717, 1.165) is 18.7 Å². The van der Waals surface area contributed by atoms with Crippen molar-refractivity contribution in [2.75, 3.05) is 26.7 Å². The van der Waals surface area contributed by atoms with Crippen LogP contribution in [0.1, 0.15) is 12.0 Å². The molecule has 1 aromatic rings. The van der Waals surface area contributed by atoms with Crippen molar-refractivity contribution in [1.29, 1.82) is 0 Å². The van der Waals surface area contributed by atoms with Crippen LogP contribution in [0.15, 0.2) is 24.3 Å². The van der Waals surface area contributed by atoms with Crippen molar-refractivity contribution < 1.29 is 9.18 Å². The summed E-state index contributed by atoms with van der Waals surface area (Å²) in [5, 5.41) is 2.79. The largest absolute Gasteiger partial charge is 0.355 e. The molecule has 0 aromatic heterocycles. The number of carbonyl (C=O) groups excluding carboxylic acids is 1. The number of carbonyl (C=O) groups is 1. The molecule has 100 valence electrons. The van der Waals surface area contributed by atoms with E-state index < -0.39 is 0 Å². The van der Waals surface area contributed by atoms with E-state index >= 15 is 0 Å². The number of amides is 1. The van der Waals surface area contributed by atoms with E-state index in [4.69, 9.17) is 5.73 Å². The Morgan fingerprint density at radius 1 is 1.39 bits per heavy atom. The van der Waals surface area contributed by atoms with Crippen LogP contribution in [0.4, 0.5) is 4.39 Å². The monoisotopic (exact) mass is 253 g/mol. The van der Waals surface area contributed by atoms with Gasteiger partial charge in [-0.25, -0.2) is 4.39 Å². The van der Waals surface area contributed by atoms with Gasteiger partial charge >= 0.3 is 0 Å². The van der Waals surface area contributed by atoms with Crippen molar-refractivity contribution in [3.8, 4) is 0 Å². The minimum atomic E-state index is -0.226. The second-order valence-corrected chi connectivity index (χ2v) is 4.25. The van der Waals surface area contributed by atoms with Gasteiger partial charge in [0.25, 0.3) is 0 Å². The molecule has 0 aliphatic heterocycles. The highest BCUT2D eigenvalue weighted by molar-refractivity contribution is 5.75. The standard InChI is InChI=1S/C13H20FN3O/c1-17(9-8-16-13(18)6-7-15)10-11-2-4-12(14)5-3-11/h2-5H,6-10,15H2,1H3,(H,16,18). The summed E-state index contributed by atoms with van der Waals surface area (Å²) in [6.07, 6.45) is 0.363. The highest BCUT2D eigenvalue weighted by Crippen LogP contribution is 2.04. The molecule has 0 fully saturated rings. The molecule has 1 rings (SSSR count). The second-order valence-electron chi connectivity index (χ2n) is 4.25. The van der Waals surface area contributed by atoms with Crippen LogP contribution in [0.25, 0.3) is 0 Å². The summed E-state index contributed by atoms with van der Waals surface area (Å²) in [6.45, 7) is 2.44. The molecule has 0 bridgehead atoms. The van der Waals surface area contributed by atoms with Gasteiger partial charge in [0.2, 0.25) is 5.91 Å². The van der Waals surface area contributed by atoms with Gasteiger partial charge in [-0.1, -0.05) is 12.1 Å². The van der Waals surface area contributed by atoms with Crippen LogP contribution < -0.4 is 11.1 Å². The zero-order chi connectivity index (χ0) is 13.4. The van der Waals surface area contributed by atoms with E-state index in [1.165, 1.54) is 12.1 Å². The molecular weight excluding hydrogens is 233 g/mol. The van der Waals surface area contributed by atoms with E-state index in [2.05, 4.69) is 10.2 Å². The molecule has 0 unspecified atom stereocenters. The molecule has 18 heavy (non-hydrogen) atoms. The molecule has 0 spiro atoms. The van der Waals surface area contributed by atoms with Crippen molar-refractivity contribution in [1.82, 2.24) is 10.2 Å². The summed E-state index contributed by atoms with van der Waals surface area (Å²) in [6, 6.07) is 6.43. The van der Waals surface area contributed by atoms with Crippen LogP contribution in [-0.4, -0.2) is 37.5 Å². The highest BCUT2D eigenvalue weighted by Gasteiger charge is 2.02. The van der Waals surface area contributed by atoms with Crippen molar-refractivity contribution in [2.45, 2.75) is 13.0 Å². The van der Waals surface area contributed by atoms with Crippen LogP contribution in [-0.2, 0) is 11.3 Å². The van der Waals surface area contributed by atoms with Crippen LogP contribution in [0.5, 0.6) is 0 Å². The molecule has 0 saturated heterocycles. The fourth-order valence-electron chi connectivity index (χ4n) is 1.59. The van der Waals surface area contributed by atoms with Gasteiger partial charge < -0.3 is 16.0 Å². The summed E-state index contributed by atoms with van der Waals surface area (Å²) < 4.78 is 12.7. The summed E-state index contributed by atoms with van der Waals surface area (Å²) in [5.41, 5.74) is 6.32. The molecule has 5 heteroatoms. The van der Waals surface area contributed by atoms with Crippen LogP contribution >= 0.6 is 0 Å². The number of nitrogens with zero attached hydrogens (tertiary/aromatic N) is 1. The quantitative estimate of drug-likeness (QED) is 0.753. The average Bonchev–Trinajstić information content (AvgIpc) is 2.32. The maximum Gasteiger partial charge on any atom is 0.221 e. The highest BCUT2D eigenvalue weighted by atomic mass is 19.1. The Labute approximate surface area is 107 Å². The van der Waals surface area contributed by atoms with Crippen molar-refractivity contribution in [2.24, 2.45) is 5.73 Å². The normalized spacial score (nSPS) is 10.7. The van der Waals surface area contributed by atoms with Crippen molar-refractivity contribution in [3.63, 3.8) is 0 Å². The number of hydrogen-bond donors (Lipinski definition) is 2. The van der Waals surface area contributed by atoms with Crippen molar-refractivity contribution >= 4 is 5.91 Å². The maximum absolute atomic E-state index is 12.7. The van der Waals surface area contributed by atoms with Crippen LogP contribution in [0.3, 0.4) is 0 Å². The Kier molecular flexibility index (Phi) is 6.32. The van der Waals surface area contributed by atoms with Gasteiger partial charge in [0.05, 0.1) is 0 Å². The Balaban J connectivity index is 2.23. The van der Waals surface area contributed by atoms with Gasteiger partial charge in [0.15, 0.2) is 0 Å². The molecule has 0 saturated carbocycles. The first-order valence-electron chi connectivity index (χ1n) is 6.01. The predicted molar refractivity (Wildman–Crippen MR) is 69.4 cm³/mol. The maximum atomic E-state index is 12.7. The minimum absolute atomic E-state index is 0.0207. The van der Waals surface area contributed by atoms with Gasteiger partial charge in [-0.2, -0.15) is 0 Å². The number of hydrogen-bond acceptors (Lipinski definition) is 3. The van der Waals surface area contributed by atoms with Gasteiger partial charge in [-0.3, -0.25) is 4.79 Å². The van der Waals surface area contributed by atoms with Gasteiger partial charge in [0.1, 0.15) is 5.82 Å². The number of nitrogens with two attached hydrogens (primary N) is 1. The first kappa shape index (κ1) is 14.6. The molecule has 0 aliphatic rings. The summed E-state index contributed by atoms with van der Waals surface area (Å²) >= 11 is 0. The molecule has 0 radical (unpaired) electrons. The van der Waals surface area contributed by atoms with Crippen molar-refractivity contribution in [3.05, 3.63) is 35.6 Å². The van der Waals surface area contributed by atoms with E-state index in [1.807, 2.05) is 7.05 Å². The van der Waals surface area contributed by atoms with E-state index in [1.54, 1.807) is 12.1 Å². The topological polar surface area (TPSA) is 58.4 Å². The van der Waals surface area contributed by atoms with Gasteiger partial charge in [0, 0.05) is 32.6 Å². The summed E-state index contributed by atoms with van der Waals surface area (Å²) in [4.78, 5) is 13.2. The van der Waals surface area contributed by atoms with Gasteiger partial charge in [-0.15, -0.1) is 0 Å². The molecule has 3 N–H and O–H groups in total. The Bertz CT molecular complexity index is 367. The summed E-state index contributed by atoms with van der Waals surface area (Å²) in [5.74, 6) is -0.247. The third kappa shape index (κ3) is 5.75. The number of nitrogens with one attached hydrogen (secondary N) is 1. The van der Waals surface area contributed by atoms with Gasteiger partial charge in [-0.05, 0) is 24.7 Å². The SMILES string of the molecule is CN(CCNC(=O)CCN)Cc1ccc(F)cc1. The molecule has 1 aromatic carbocycles. The molecule has 0 atom stereocenters. The molecule has 0 heterocycles. The Morgan fingerprint density at radius 2 is 2.06 bits per heavy atom. The molecule has 0 aliphatic carbocycles. The lowest BCUT2D eigenvalue weighted by Gasteiger charge is -2.17. The zero-order valence-electron chi connectivity index (χ0n) is 10.7. The first-order valence-corrected chi connectivity index (χ1v) is 6.01. The lowest BCUT2D eigenvalue weighted by atomic mass is 10.2. The zero-order valence-corrected chi connectivity index (χ0v) is 10.7. The smallest absolute Gasteiger partial charge is 0.221 e. The Hall–Kier alpha value is -1.46. The number of halogens is 1. The lowest BCUT2D eigenvalue weighted by Crippen LogP contribution is -2.33. The fourth-order valence-corrected chi connectivity index (χ4v) is 1.59.